The number of rotatable bonds is 7. The Labute approximate surface area is 135 Å². The Bertz CT molecular complexity index is 619. The summed E-state index contributed by atoms with van der Waals surface area (Å²) in [6, 6.07) is 4.44. The molecule has 0 radical (unpaired) electrons. The molecule has 2 rings (SSSR count). The van der Waals surface area contributed by atoms with Crippen LogP contribution in [0.1, 0.15) is 40.1 Å². The number of aromatic nitrogens is 3. The lowest BCUT2D eigenvalue weighted by Crippen LogP contribution is -2.32. The summed E-state index contributed by atoms with van der Waals surface area (Å²) in [5, 5.41) is 11.1. The lowest BCUT2D eigenvalue weighted by molar-refractivity contribution is 0.0943. The predicted molar refractivity (Wildman–Crippen MR) is 88.1 cm³/mol. The van der Waals surface area contributed by atoms with Gasteiger partial charge in [-0.2, -0.15) is 9.90 Å². The molecule has 0 fully saturated rings. The van der Waals surface area contributed by atoms with Crippen LogP contribution in [0.2, 0.25) is 0 Å². The van der Waals surface area contributed by atoms with Crippen LogP contribution in [0.25, 0.3) is 0 Å². The molecule has 0 atom stereocenters. The molecule has 2 heterocycles. The first-order valence-electron chi connectivity index (χ1n) is 7.39. The predicted octanol–water partition coefficient (Wildman–Crippen LogP) is 2.09. The van der Waals surface area contributed by atoms with Gasteiger partial charge in [0.25, 0.3) is 5.91 Å². The van der Waals surface area contributed by atoms with Gasteiger partial charge in [0.2, 0.25) is 0 Å². The van der Waals surface area contributed by atoms with E-state index in [0.29, 0.717) is 12.2 Å². The summed E-state index contributed by atoms with van der Waals surface area (Å²) in [7, 11) is 2.05. The number of aryl methyl sites for hydroxylation is 1. The van der Waals surface area contributed by atoms with Crippen molar-refractivity contribution >= 4 is 17.2 Å². The van der Waals surface area contributed by atoms with E-state index in [-0.39, 0.29) is 11.9 Å². The summed E-state index contributed by atoms with van der Waals surface area (Å²) in [5.74, 6) is -0.174. The van der Waals surface area contributed by atoms with Gasteiger partial charge in [-0.15, -0.1) is 16.4 Å². The van der Waals surface area contributed by atoms with Crippen LogP contribution in [0.5, 0.6) is 0 Å². The van der Waals surface area contributed by atoms with Crippen molar-refractivity contribution in [3.05, 3.63) is 33.8 Å². The van der Waals surface area contributed by atoms with Crippen molar-refractivity contribution in [1.82, 2.24) is 25.2 Å². The molecule has 0 aromatic carbocycles. The van der Waals surface area contributed by atoms with Crippen LogP contribution in [0.4, 0.5) is 0 Å². The zero-order valence-electron chi connectivity index (χ0n) is 13.5. The van der Waals surface area contributed by atoms with E-state index in [1.165, 1.54) is 16.0 Å². The quantitative estimate of drug-likeness (QED) is 0.848. The van der Waals surface area contributed by atoms with Crippen LogP contribution in [-0.2, 0) is 6.54 Å². The molecule has 1 N–H and O–H groups in total. The molecule has 0 aliphatic rings. The fraction of sp³-hybridized carbons (Fsp3) is 0.533. The lowest BCUT2D eigenvalue weighted by Gasteiger charge is -2.15. The molecule has 120 valence electrons. The van der Waals surface area contributed by atoms with E-state index < -0.39 is 0 Å². The second-order valence-corrected chi connectivity index (χ2v) is 7.02. The van der Waals surface area contributed by atoms with E-state index in [1.54, 1.807) is 4.80 Å². The van der Waals surface area contributed by atoms with Crippen molar-refractivity contribution in [2.24, 2.45) is 0 Å². The third-order valence-corrected chi connectivity index (χ3v) is 4.19. The third kappa shape index (κ3) is 4.64. The largest absolute Gasteiger partial charge is 0.349 e. The average Bonchev–Trinajstić information content (AvgIpc) is 3.08. The maximum atomic E-state index is 12.0. The highest BCUT2D eigenvalue weighted by molar-refractivity contribution is 7.11. The highest BCUT2D eigenvalue weighted by Gasteiger charge is 2.11. The Morgan fingerprint density at radius 3 is 2.82 bits per heavy atom. The standard InChI is InChI=1S/C15H23N5OS/c1-11(2)20-17-9-14(18-20)15(21)16-7-8-19(4)10-13-6-5-12(3)22-13/h5-6,9,11H,7-8,10H2,1-4H3,(H,16,21). The first kappa shape index (κ1) is 16.6. The first-order valence-corrected chi connectivity index (χ1v) is 8.21. The highest BCUT2D eigenvalue weighted by Crippen LogP contribution is 2.16. The van der Waals surface area contributed by atoms with E-state index in [0.717, 1.165) is 13.1 Å². The van der Waals surface area contributed by atoms with Gasteiger partial charge in [0.1, 0.15) is 0 Å². The van der Waals surface area contributed by atoms with E-state index >= 15 is 0 Å². The molecular formula is C15H23N5OS. The van der Waals surface area contributed by atoms with Gasteiger partial charge in [0, 0.05) is 29.4 Å². The maximum absolute atomic E-state index is 12.0. The van der Waals surface area contributed by atoms with Crippen LogP contribution in [-0.4, -0.2) is 45.9 Å². The minimum atomic E-state index is -0.174. The molecule has 0 bridgehead atoms. The van der Waals surface area contributed by atoms with E-state index in [9.17, 15) is 4.79 Å². The van der Waals surface area contributed by atoms with E-state index in [4.69, 9.17) is 0 Å². The van der Waals surface area contributed by atoms with Crippen molar-refractivity contribution in [1.29, 1.82) is 0 Å². The molecular weight excluding hydrogens is 298 g/mol. The minimum absolute atomic E-state index is 0.155. The molecule has 0 spiro atoms. The summed E-state index contributed by atoms with van der Waals surface area (Å²) in [5.41, 5.74) is 0.366. The Morgan fingerprint density at radius 2 is 2.23 bits per heavy atom. The monoisotopic (exact) mass is 321 g/mol. The zero-order valence-corrected chi connectivity index (χ0v) is 14.4. The topological polar surface area (TPSA) is 63.1 Å². The summed E-state index contributed by atoms with van der Waals surface area (Å²) >= 11 is 1.81. The lowest BCUT2D eigenvalue weighted by atomic mass is 10.4. The van der Waals surface area contributed by atoms with Gasteiger partial charge in [-0.1, -0.05) is 0 Å². The molecule has 7 heteroatoms. The van der Waals surface area contributed by atoms with Gasteiger partial charge in [-0.3, -0.25) is 9.69 Å². The Hall–Kier alpha value is -1.73. The van der Waals surface area contributed by atoms with Crippen molar-refractivity contribution in [3.8, 4) is 0 Å². The van der Waals surface area contributed by atoms with Gasteiger partial charge >= 0.3 is 0 Å². The molecule has 1 amide bonds. The van der Waals surface area contributed by atoms with Crippen LogP contribution >= 0.6 is 11.3 Å². The van der Waals surface area contributed by atoms with Crippen LogP contribution in [0.15, 0.2) is 18.3 Å². The summed E-state index contributed by atoms with van der Waals surface area (Å²) in [6.45, 7) is 8.34. The molecule has 0 unspecified atom stereocenters. The normalized spacial score (nSPS) is 11.4. The molecule has 6 nitrogen and oxygen atoms in total. The van der Waals surface area contributed by atoms with Gasteiger partial charge < -0.3 is 5.32 Å². The smallest absolute Gasteiger partial charge is 0.273 e. The Morgan fingerprint density at radius 1 is 1.45 bits per heavy atom. The highest BCUT2D eigenvalue weighted by atomic mass is 32.1. The Kier molecular flexibility index (Phi) is 5.68. The number of amides is 1. The van der Waals surface area contributed by atoms with Crippen molar-refractivity contribution in [2.75, 3.05) is 20.1 Å². The number of hydrogen-bond donors (Lipinski definition) is 1. The number of carbonyl (C=O) groups excluding carboxylic acids is 1. The fourth-order valence-electron chi connectivity index (χ4n) is 1.99. The van der Waals surface area contributed by atoms with Crippen LogP contribution in [0, 0.1) is 6.92 Å². The molecule has 2 aromatic heterocycles. The zero-order chi connectivity index (χ0) is 16.1. The van der Waals surface area contributed by atoms with Gasteiger partial charge in [-0.05, 0) is 40.0 Å². The SMILES string of the molecule is Cc1ccc(CN(C)CCNC(=O)c2cnn(C(C)C)n2)s1. The fourth-order valence-corrected chi connectivity index (χ4v) is 2.97. The van der Waals surface area contributed by atoms with Crippen LogP contribution in [0.3, 0.4) is 0 Å². The van der Waals surface area contributed by atoms with Gasteiger partial charge in [0.15, 0.2) is 5.69 Å². The number of carbonyl (C=O) groups is 1. The molecule has 0 saturated carbocycles. The molecule has 0 saturated heterocycles. The molecule has 0 aliphatic heterocycles. The van der Waals surface area contributed by atoms with E-state index in [2.05, 4.69) is 46.5 Å². The average molecular weight is 321 g/mol. The van der Waals surface area contributed by atoms with Crippen molar-refractivity contribution in [3.63, 3.8) is 0 Å². The minimum Gasteiger partial charge on any atom is -0.349 e. The third-order valence-electron chi connectivity index (χ3n) is 3.20. The van der Waals surface area contributed by atoms with Crippen LogP contribution < -0.4 is 5.32 Å². The number of likely N-dealkylation sites (N-methyl/N-ethyl adjacent to an activating group) is 1. The molecule has 2 aromatic rings. The first-order chi connectivity index (χ1) is 10.5. The summed E-state index contributed by atoms with van der Waals surface area (Å²) in [4.78, 5) is 18.4. The Balaban J connectivity index is 1.74. The number of hydrogen-bond acceptors (Lipinski definition) is 5. The number of nitrogens with one attached hydrogen (secondary N) is 1. The second-order valence-electron chi connectivity index (χ2n) is 5.65. The second kappa shape index (κ2) is 7.51. The summed E-state index contributed by atoms with van der Waals surface area (Å²) < 4.78 is 0. The number of nitrogens with zero attached hydrogens (tertiary/aromatic N) is 4. The number of thiophene rings is 1. The maximum Gasteiger partial charge on any atom is 0.273 e. The van der Waals surface area contributed by atoms with Crippen molar-refractivity contribution < 1.29 is 4.79 Å². The van der Waals surface area contributed by atoms with Crippen molar-refractivity contribution in [2.45, 2.75) is 33.4 Å². The van der Waals surface area contributed by atoms with Gasteiger partial charge in [-0.25, -0.2) is 0 Å². The van der Waals surface area contributed by atoms with Gasteiger partial charge in [0.05, 0.1) is 12.2 Å². The molecule has 0 aliphatic carbocycles. The molecule has 22 heavy (non-hydrogen) atoms. The van der Waals surface area contributed by atoms with E-state index in [1.807, 2.05) is 25.2 Å². The summed E-state index contributed by atoms with van der Waals surface area (Å²) in [6.07, 6.45) is 1.51.